The van der Waals surface area contributed by atoms with Gasteiger partial charge < -0.3 is 10.1 Å². The highest BCUT2D eigenvalue weighted by molar-refractivity contribution is 7.15. The first-order chi connectivity index (χ1) is 10.4. The Labute approximate surface area is 135 Å². The first kappa shape index (κ1) is 16.2. The van der Waals surface area contributed by atoms with E-state index in [1.54, 1.807) is 6.20 Å². The van der Waals surface area contributed by atoms with Crippen LogP contribution in [0.4, 0.5) is 11.4 Å². The number of rotatable bonds is 5. The lowest BCUT2D eigenvalue weighted by atomic mass is 10.1. The van der Waals surface area contributed by atoms with Gasteiger partial charge in [0.1, 0.15) is 0 Å². The number of aromatic nitrogens is 1. The fourth-order valence-electron chi connectivity index (χ4n) is 1.87. The van der Waals surface area contributed by atoms with Crippen LogP contribution >= 0.6 is 22.9 Å². The fourth-order valence-corrected chi connectivity index (χ4v) is 2.78. The molecule has 2 rings (SSSR count). The summed E-state index contributed by atoms with van der Waals surface area (Å²) in [5.41, 5.74) is 0.722. The zero-order valence-corrected chi connectivity index (χ0v) is 13.3. The molecule has 9 heteroatoms. The molecule has 116 valence electrons. The van der Waals surface area contributed by atoms with Gasteiger partial charge in [-0.3, -0.25) is 10.1 Å². The first-order valence-electron chi connectivity index (χ1n) is 6.13. The number of benzene rings is 1. The number of carbonyl (C=O) groups excluding carboxylic acids is 1. The average molecular weight is 342 g/mol. The van der Waals surface area contributed by atoms with E-state index in [9.17, 15) is 14.9 Å². The van der Waals surface area contributed by atoms with Crippen molar-refractivity contribution in [3.8, 4) is 0 Å². The van der Waals surface area contributed by atoms with Crippen molar-refractivity contribution in [2.75, 3.05) is 12.4 Å². The van der Waals surface area contributed by atoms with Crippen LogP contribution in [0.5, 0.6) is 0 Å². The van der Waals surface area contributed by atoms with Gasteiger partial charge in [-0.1, -0.05) is 11.6 Å². The van der Waals surface area contributed by atoms with E-state index in [0.717, 1.165) is 4.88 Å². The van der Waals surface area contributed by atoms with Gasteiger partial charge >= 0.3 is 5.97 Å². The maximum absolute atomic E-state index is 11.7. The summed E-state index contributed by atoms with van der Waals surface area (Å²) in [5.74, 6) is -0.620. The highest BCUT2D eigenvalue weighted by Crippen LogP contribution is 2.28. The van der Waals surface area contributed by atoms with E-state index in [0.29, 0.717) is 16.7 Å². The van der Waals surface area contributed by atoms with E-state index in [-0.39, 0.29) is 16.8 Å². The number of halogens is 1. The molecule has 0 radical (unpaired) electrons. The molecule has 0 aliphatic carbocycles. The second-order valence-corrected chi connectivity index (χ2v) is 6.05. The zero-order valence-electron chi connectivity index (χ0n) is 11.8. The van der Waals surface area contributed by atoms with Gasteiger partial charge in [-0.05, 0) is 13.0 Å². The summed E-state index contributed by atoms with van der Waals surface area (Å²) in [6.45, 7) is 1.91. The third-order valence-electron chi connectivity index (χ3n) is 2.97. The Balaban J connectivity index is 2.32. The summed E-state index contributed by atoms with van der Waals surface area (Å²) in [6.07, 6.45) is 1.61. The molecule has 2 aromatic rings. The lowest BCUT2D eigenvalue weighted by Crippen LogP contribution is -2.08. The van der Waals surface area contributed by atoms with E-state index < -0.39 is 10.9 Å². The van der Waals surface area contributed by atoms with Gasteiger partial charge in [-0.2, -0.15) is 0 Å². The minimum atomic E-state index is -0.620. The fraction of sp³-hybridized carbons (Fsp3) is 0.231. The molecule has 0 amide bonds. The number of nitrogens with zero attached hydrogens (tertiary/aromatic N) is 2. The van der Waals surface area contributed by atoms with Gasteiger partial charge in [0.15, 0.2) is 4.47 Å². The Bertz CT molecular complexity index is 732. The minimum Gasteiger partial charge on any atom is -0.465 e. The topological polar surface area (TPSA) is 94.4 Å². The maximum Gasteiger partial charge on any atom is 0.338 e. The summed E-state index contributed by atoms with van der Waals surface area (Å²) >= 11 is 7.05. The Morgan fingerprint density at radius 2 is 2.27 bits per heavy atom. The number of hydrogen-bond donors (Lipinski definition) is 1. The van der Waals surface area contributed by atoms with E-state index >= 15 is 0 Å². The lowest BCUT2D eigenvalue weighted by molar-refractivity contribution is -0.385. The number of thiazole rings is 1. The second-order valence-electron chi connectivity index (χ2n) is 4.35. The number of carbonyl (C=O) groups is 1. The lowest BCUT2D eigenvalue weighted by Gasteiger charge is -2.10. The van der Waals surface area contributed by atoms with Crippen molar-refractivity contribution in [1.29, 1.82) is 0 Å². The molecule has 0 spiro atoms. The molecule has 0 unspecified atom stereocenters. The number of nitrogens with one attached hydrogen (secondary N) is 1. The molecule has 0 saturated heterocycles. The third kappa shape index (κ3) is 3.52. The number of nitro groups is 1. The third-order valence-corrected chi connectivity index (χ3v) is 4.09. The van der Waals surface area contributed by atoms with Crippen molar-refractivity contribution in [3.63, 3.8) is 0 Å². The molecular weight excluding hydrogens is 330 g/mol. The number of anilines is 1. The molecule has 0 bridgehead atoms. The largest absolute Gasteiger partial charge is 0.465 e. The van der Waals surface area contributed by atoms with Crippen molar-refractivity contribution in [1.82, 2.24) is 4.98 Å². The maximum atomic E-state index is 11.7. The molecule has 0 atom stereocenters. The molecule has 7 nitrogen and oxygen atoms in total. The van der Waals surface area contributed by atoms with Crippen LogP contribution in [0.25, 0.3) is 0 Å². The molecule has 1 N–H and O–H groups in total. The van der Waals surface area contributed by atoms with Gasteiger partial charge in [-0.25, -0.2) is 9.78 Å². The predicted molar refractivity (Wildman–Crippen MR) is 83.6 cm³/mol. The molecular formula is C13H12ClN3O4S. The normalized spacial score (nSPS) is 10.3. The van der Waals surface area contributed by atoms with Crippen molar-refractivity contribution in [3.05, 3.63) is 48.9 Å². The summed E-state index contributed by atoms with van der Waals surface area (Å²) in [7, 11) is 1.23. The predicted octanol–water partition coefficient (Wildman–Crippen LogP) is 3.41. The first-order valence-corrected chi connectivity index (χ1v) is 7.33. The monoisotopic (exact) mass is 341 g/mol. The SMILES string of the molecule is COC(=O)c1cc(NCc2cnc(Cl)s2)cc([N+](=O)[O-])c1C. The number of nitro benzene ring substituents is 1. The molecule has 0 saturated carbocycles. The van der Waals surface area contributed by atoms with E-state index in [1.165, 1.54) is 37.5 Å². The quantitative estimate of drug-likeness (QED) is 0.508. The standard InChI is InChI=1S/C13H12ClN3O4S/c1-7-10(12(18)21-2)3-8(4-11(7)17(19)20)15-5-9-6-16-13(14)22-9/h3-4,6,15H,5H2,1-2H3. The van der Waals surface area contributed by atoms with Crippen molar-refractivity contribution in [2.24, 2.45) is 0 Å². The van der Waals surface area contributed by atoms with E-state index in [2.05, 4.69) is 15.0 Å². The number of ether oxygens (including phenoxy) is 1. The Morgan fingerprint density at radius 1 is 1.55 bits per heavy atom. The smallest absolute Gasteiger partial charge is 0.338 e. The number of esters is 1. The van der Waals surface area contributed by atoms with Crippen molar-refractivity contribution in [2.45, 2.75) is 13.5 Å². The Hall–Kier alpha value is -2.19. The van der Waals surface area contributed by atoms with Crippen LogP contribution in [0, 0.1) is 17.0 Å². The van der Waals surface area contributed by atoms with Crippen LogP contribution in [0.2, 0.25) is 4.47 Å². The summed E-state index contributed by atoms with van der Waals surface area (Å²) in [6, 6.07) is 2.90. The van der Waals surface area contributed by atoms with Crippen molar-refractivity contribution >= 4 is 40.3 Å². The van der Waals surface area contributed by atoms with Gasteiger partial charge in [0, 0.05) is 28.4 Å². The molecule has 1 aromatic carbocycles. The Kier molecular flexibility index (Phi) is 4.94. The van der Waals surface area contributed by atoms with Crippen molar-refractivity contribution < 1.29 is 14.5 Å². The van der Waals surface area contributed by atoms with Gasteiger partial charge in [0.25, 0.3) is 5.69 Å². The summed E-state index contributed by atoms with van der Waals surface area (Å²) in [4.78, 5) is 27.1. The van der Waals surface area contributed by atoms with Crippen LogP contribution in [0.15, 0.2) is 18.3 Å². The molecule has 1 aromatic heterocycles. The van der Waals surface area contributed by atoms with Crippen LogP contribution in [-0.2, 0) is 11.3 Å². The van der Waals surface area contributed by atoms with Crippen LogP contribution < -0.4 is 5.32 Å². The van der Waals surface area contributed by atoms with Crippen LogP contribution in [-0.4, -0.2) is 23.0 Å². The van der Waals surface area contributed by atoms with Gasteiger partial charge in [-0.15, -0.1) is 11.3 Å². The summed E-state index contributed by atoms with van der Waals surface area (Å²) in [5, 5.41) is 14.1. The van der Waals surface area contributed by atoms with E-state index in [1.807, 2.05) is 0 Å². The molecule has 22 heavy (non-hydrogen) atoms. The van der Waals surface area contributed by atoms with E-state index in [4.69, 9.17) is 11.6 Å². The van der Waals surface area contributed by atoms with Gasteiger partial charge in [0.2, 0.25) is 0 Å². The highest BCUT2D eigenvalue weighted by Gasteiger charge is 2.20. The highest BCUT2D eigenvalue weighted by atomic mass is 35.5. The van der Waals surface area contributed by atoms with Crippen LogP contribution in [0.1, 0.15) is 20.8 Å². The van der Waals surface area contributed by atoms with Gasteiger partial charge in [0.05, 0.1) is 24.1 Å². The Morgan fingerprint density at radius 3 is 2.82 bits per heavy atom. The number of methoxy groups -OCH3 is 1. The zero-order chi connectivity index (χ0) is 16.3. The molecule has 0 fully saturated rings. The van der Waals surface area contributed by atoms with Crippen LogP contribution in [0.3, 0.4) is 0 Å². The average Bonchev–Trinajstić information content (AvgIpc) is 2.90. The molecule has 1 heterocycles. The number of hydrogen-bond acceptors (Lipinski definition) is 7. The molecule has 0 aliphatic rings. The molecule has 0 aliphatic heterocycles. The summed E-state index contributed by atoms with van der Waals surface area (Å²) < 4.78 is 5.08. The minimum absolute atomic E-state index is 0.146. The second kappa shape index (κ2) is 6.71.